The molecule has 1 aliphatic rings. The van der Waals surface area contributed by atoms with Crippen molar-refractivity contribution in [2.75, 3.05) is 37.5 Å². The Morgan fingerprint density at radius 1 is 1.00 bits per heavy atom. The number of rotatable bonds is 5. The van der Waals surface area contributed by atoms with Gasteiger partial charge in [-0.15, -0.1) is 0 Å². The molecule has 0 unspecified atom stereocenters. The molecule has 0 saturated carbocycles. The topological polar surface area (TPSA) is 50.8 Å². The maximum absolute atomic E-state index is 12.5. The van der Waals surface area contributed by atoms with Gasteiger partial charge in [0.25, 0.3) is 5.91 Å². The summed E-state index contributed by atoms with van der Waals surface area (Å²) >= 11 is 0. The predicted molar refractivity (Wildman–Crippen MR) is 95.4 cm³/mol. The second kappa shape index (κ2) is 7.25. The summed E-state index contributed by atoms with van der Waals surface area (Å²) in [4.78, 5) is 14.8. The van der Waals surface area contributed by atoms with Gasteiger partial charge in [-0.1, -0.05) is 6.07 Å². The summed E-state index contributed by atoms with van der Waals surface area (Å²) in [6.45, 7) is 2.15. The Morgan fingerprint density at radius 2 is 1.75 bits per heavy atom. The highest BCUT2D eigenvalue weighted by molar-refractivity contribution is 6.04. The van der Waals surface area contributed by atoms with Gasteiger partial charge in [0.05, 0.1) is 14.2 Å². The summed E-state index contributed by atoms with van der Waals surface area (Å²) in [6.07, 6.45) is 2.45. The van der Waals surface area contributed by atoms with Crippen LogP contribution in [0.4, 0.5) is 11.4 Å². The highest BCUT2D eigenvalue weighted by Crippen LogP contribution is 2.28. The highest BCUT2D eigenvalue weighted by Gasteiger charge is 2.14. The van der Waals surface area contributed by atoms with Crippen molar-refractivity contribution in [2.24, 2.45) is 0 Å². The Balaban J connectivity index is 1.76. The standard InChI is InChI=1S/C19H22N2O3/c1-23-17-9-8-14(12-18(17)24-2)19(22)20-15-6-5-7-16(13-15)21-10-3-4-11-21/h5-9,12-13H,3-4,10-11H2,1-2H3,(H,20,22). The van der Waals surface area contributed by atoms with Crippen LogP contribution in [0.2, 0.25) is 0 Å². The van der Waals surface area contributed by atoms with Crippen molar-refractivity contribution in [3.63, 3.8) is 0 Å². The lowest BCUT2D eigenvalue weighted by Crippen LogP contribution is -2.18. The number of carbonyl (C=O) groups is 1. The van der Waals surface area contributed by atoms with Crippen molar-refractivity contribution in [3.05, 3.63) is 48.0 Å². The van der Waals surface area contributed by atoms with Crippen molar-refractivity contribution < 1.29 is 14.3 Å². The van der Waals surface area contributed by atoms with E-state index in [2.05, 4.69) is 16.3 Å². The van der Waals surface area contributed by atoms with E-state index in [1.54, 1.807) is 32.4 Å². The summed E-state index contributed by atoms with van der Waals surface area (Å²) in [6, 6.07) is 13.1. The quantitative estimate of drug-likeness (QED) is 0.913. The molecule has 0 aliphatic carbocycles. The molecule has 126 valence electrons. The zero-order chi connectivity index (χ0) is 16.9. The van der Waals surface area contributed by atoms with Crippen molar-refractivity contribution in [3.8, 4) is 11.5 Å². The monoisotopic (exact) mass is 326 g/mol. The first kappa shape index (κ1) is 16.2. The summed E-state index contributed by atoms with van der Waals surface area (Å²) < 4.78 is 10.5. The SMILES string of the molecule is COc1ccc(C(=O)Nc2cccc(N3CCCC3)c2)cc1OC. The van der Waals surface area contributed by atoms with Gasteiger partial charge in [-0.05, 0) is 49.2 Å². The third-order valence-electron chi connectivity index (χ3n) is 4.22. The molecule has 1 amide bonds. The third-order valence-corrected chi connectivity index (χ3v) is 4.22. The van der Waals surface area contributed by atoms with E-state index in [1.807, 2.05) is 18.2 Å². The largest absolute Gasteiger partial charge is 0.493 e. The second-order valence-electron chi connectivity index (χ2n) is 5.77. The van der Waals surface area contributed by atoms with Gasteiger partial charge in [-0.2, -0.15) is 0 Å². The van der Waals surface area contributed by atoms with Crippen LogP contribution in [0, 0.1) is 0 Å². The Morgan fingerprint density at radius 3 is 2.46 bits per heavy atom. The minimum Gasteiger partial charge on any atom is -0.493 e. The van der Waals surface area contributed by atoms with Crippen molar-refractivity contribution >= 4 is 17.3 Å². The van der Waals surface area contributed by atoms with Gasteiger partial charge in [0.1, 0.15) is 0 Å². The Bertz CT molecular complexity index is 724. The summed E-state index contributed by atoms with van der Waals surface area (Å²) in [5.74, 6) is 0.968. The molecule has 1 N–H and O–H groups in total. The second-order valence-corrected chi connectivity index (χ2v) is 5.77. The first-order valence-corrected chi connectivity index (χ1v) is 8.09. The zero-order valence-electron chi connectivity index (χ0n) is 14.0. The zero-order valence-corrected chi connectivity index (χ0v) is 14.0. The van der Waals surface area contributed by atoms with Crippen LogP contribution in [0.3, 0.4) is 0 Å². The number of carbonyl (C=O) groups excluding carboxylic acids is 1. The van der Waals surface area contributed by atoms with Crippen LogP contribution in [0.5, 0.6) is 11.5 Å². The van der Waals surface area contributed by atoms with Crippen molar-refractivity contribution in [2.45, 2.75) is 12.8 Å². The smallest absolute Gasteiger partial charge is 0.255 e. The normalized spacial score (nSPS) is 13.7. The van der Waals surface area contributed by atoms with Gasteiger partial charge < -0.3 is 19.7 Å². The molecule has 0 aromatic heterocycles. The van der Waals surface area contributed by atoms with E-state index < -0.39 is 0 Å². The molecule has 1 aliphatic heterocycles. The van der Waals surface area contributed by atoms with E-state index in [4.69, 9.17) is 9.47 Å². The van der Waals surface area contributed by atoms with Gasteiger partial charge in [0.2, 0.25) is 0 Å². The van der Waals surface area contributed by atoms with E-state index >= 15 is 0 Å². The number of ether oxygens (including phenoxy) is 2. The molecule has 1 saturated heterocycles. The first-order chi connectivity index (χ1) is 11.7. The molecule has 1 heterocycles. The average Bonchev–Trinajstić information content (AvgIpc) is 3.16. The molecule has 5 heteroatoms. The molecule has 1 fully saturated rings. The van der Waals surface area contributed by atoms with Gasteiger partial charge in [0, 0.05) is 30.0 Å². The number of hydrogen-bond donors (Lipinski definition) is 1. The molecule has 2 aromatic rings. The van der Waals surface area contributed by atoms with Crippen LogP contribution in [0.1, 0.15) is 23.2 Å². The van der Waals surface area contributed by atoms with Crippen molar-refractivity contribution in [1.29, 1.82) is 0 Å². The molecule has 0 atom stereocenters. The van der Waals surface area contributed by atoms with E-state index in [-0.39, 0.29) is 5.91 Å². The molecule has 0 radical (unpaired) electrons. The van der Waals surface area contributed by atoms with Crippen LogP contribution in [-0.2, 0) is 0 Å². The molecule has 0 spiro atoms. The average molecular weight is 326 g/mol. The van der Waals surface area contributed by atoms with Crippen LogP contribution >= 0.6 is 0 Å². The number of amides is 1. The molecule has 24 heavy (non-hydrogen) atoms. The maximum atomic E-state index is 12.5. The van der Waals surface area contributed by atoms with Crippen LogP contribution < -0.4 is 19.7 Å². The Kier molecular flexibility index (Phi) is 4.89. The van der Waals surface area contributed by atoms with Crippen LogP contribution in [0.15, 0.2) is 42.5 Å². The number of hydrogen-bond acceptors (Lipinski definition) is 4. The van der Waals surface area contributed by atoms with E-state index in [9.17, 15) is 4.79 Å². The fourth-order valence-corrected chi connectivity index (χ4v) is 2.94. The summed E-state index contributed by atoms with van der Waals surface area (Å²) in [5, 5.41) is 2.95. The van der Waals surface area contributed by atoms with E-state index in [0.29, 0.717) is 17.1 Å². The molecule has 5 nitrogen and oxygen atoms in total. The third kappa shape index (κ3) is 3.45. The molecule has 2 aromatic carbocycles. The molecular formula is C19H22N2O3. The minimum absolute atomic E-state index is 0.172. The van der Waals surface area contributed by atoms with Gasteiger partial charge >= 0.3 is 0 Å². The molecule has 3 rings (SSSR count). The van der Waals surface area contributed by atoms with Crippen LogP contribution in [0.25, 0.3) is 0 Å². The fraction of sp³-hybridized carbons (Fsp3) is 0.316. The number of benzene rings is 2. The Labute approximate surface area is 142 Å². The maximum Gasteiger partial charge on any atom is 0.255 e. The lowest BCUT2D eigenvalue weighted by atomic mass is 10.1. The highest BCUT2D eigenvalue weighted by atomic mass is 16.5. The minimum atomic E-state index is -0.172. The van der Waals surface area contributed by atoms with Crippen LogP contribution in [-0.4, -0.2) is 33.2 Å². The molecule has 0 bridgehead atoms. The summed E-state index contributed by atoms with van der Waals surface area (Å²) in [5.41, 5.74) is 2.47. The van der Waals surface area contributed by atoms with Gasteiger partial charge in [-0.25, -0.2) is 0 Å². The first-order valence-electron chi connectivity index (χ1n) is 8.09. The molecular weight excluding hydrogens is 304 g/mol. The van der Waals surface area contributed by atoms with E-state index in [1.165, 1.54) is 12.8 Å². The number of methoxy groups -OCH3 is 2. The van der Waals surface area contributed by atoms with Gasteiger partial charge in [-0.3, -0.25) is 4.79 Å². The predicted octanol–water partition coefficient (Wildman–Crippen LogP) is 3.56. The number of nitrogens with one attached hydrogen (secondary N) is 1. The fourth-order valence-electron chi connectivity index (χ4n) is 2.94. The lowest BCUT2D eigenvalue weighted by molar-refractivity contribution is 0.102. The summed E-state index contributed by atoms with van der Waals surface area (Å²) in [7, 11) is 3.13. The van der Waals surface area contributed by atoms with Crippen molar-refractivity contribution in [1.82, 2.24) is 0 Å². The van der Waals surface area contributed by atoms with E-state index in [0.717, 1.165) is 24.5 Å². The lowest BCUT2D eigenvalue weighted by Gasteiger charge is -2.18. The van der Waals surface area contributed by atoms with Gasteiger partial charge in [0.15, 0.2) is 11.5 Å². The number of nitrogens with zero attached hydrogens (tertiary/aromatic N) is 1. The Hall–Kier alpha value is -2.69. The number of anilines is 2.